The molecule has 32 heavy (non-hydrogen) atoms. The van der Waals surface area contributed by atoms with Gasteiger partial charge < -0.3 is 14.8 Å². The Bertz CT molecular complexity index is 1280. The Morgan fingerprint density at radius 3 is 2.62 bits per heavy atom. The first-order valence-electron chi connectivity index (χ1n) is 10.6. The summed E-state index contributed by atoms with van der Waals surface area (Å²) >= 11 is 6.43. The van der Waals surface area contributed by atoms with Crippen LogP contribution in [0.15, 0.2) is 54.6 Å². The summed E-state index contributed by atoms with van der Waals surface area (Å²) in [7, 11) is 0. The first-order valence-corrected chi connectivity index (χ1v) is 11.0. The molecule has 0 amide bonds. The molecule has 2 aromatic heterocycles. The van der Waals surface area contributed by atoms with Crippen LogP contribution in [0.4, 0.5) is 15.9 Å². The van der Waals surface area contributed by atoms with Gasteiger partial charge >= 0.3 is 0 Å². The van der Waals surface area contributed by atoms with Crippen molar-refractivity contribution in [1.82, 2.24) is 9.38 Å². The Balaban J connectivity index is 1.71. The smallest absolute Gasteiger partial charge is 0.163 e. The van der Waals surface area contributed by atoms with Crippen LogP contribution in [0.2, 0.25) is 5.02 Å². The summed E-state index contributed by atoms with van der Waals surface area (Å²) in [5, 5.41) is 3.76. The first-order chi connectivity index (χ1) is 15.5. The van der Waals surface area contributed by atoms with Crippen molar-refractivity contribution in [1.29, 1.82) is 0 Å². The predicted octanol–water partition coefficient (Wildman–Crippen LogP) is 6.51. The second-order valence-corrected chi connectivity index (χ2v) is 8.61. The molecule has 7 heteroatoms. The van der Waals surface area contributed by atoms with Crippen LogP contribution in [-0.2, 0) is 6.42 Å². The maximum atomic E-state index is 14.9. The minimum Gasteiger partial charge on any atom is -0.486 e. The lowest BCUT2D eigenvalue weighted by molar-refractivity contribution is 0.171. The first kappa shape index (κ1) is 20.6. The molecule has 0 atom stereocenters. The second kappa shape index (κ2) is 8.36. The lowest BCUT2D eigenvalue weighted by Gasteiger charge is -2.20. The fraction of sp³-hybridized carbons (Fsp3) is 0.240. The van der Waals surface area contributed by atoms with Crippen LogP contribution < -0.4 is 14.8 Å². The predicted molar refractivity (Wildman–Crippen MR) is 125 cm³/mol. The van der Waals surface area contributed by atoms with Gasteiger partial charge in [0.2, 0.25) is 0 Å². The third kappa shape index (κ3) is 3.75. The van der Waals surface area contributed by atoms with E-state index < -0.39 is 5.82 Å². The SMILES string of the molecule is CC(C)Cc1cccc2nc(-c3c(F)cccc3Cl)c(Nc3ccc4c(c3)OCCO4)n12. The van der Waals surface area contributed by atoms with E-state index in [0.717, 1.165) is 23.4 Å². The van der Waals surface area contributed by atoms with E-state index in [9.17, 15) is 4.39 Å². The fourth-order valence-electron chi connectivity index (χ4n) is 4.01. The number of nitrogens with zero attached hydrogens (tertiary/aromatic N) is 2. The largest absolute Gasteiger partial charge is 0.486 e. The Kier molecular flexibility index (Phi) is 5.39. The second-order valence-electron chi connectivity index (χ2n) is 8.20. The molecule has 0 saturated carbocycles. The molecule has 1 aliphatic rings. The number of nitrogens with one attached hydrogen (secondary N) is 1. The van der Waals surface area contributed by atoms with Crippen molar-refractivity contribution in [2.24, 2.45) is 5.92 Å². The van der Waals surface area contributed by atoms with E-state index in [1.807, 2.05) is 34.7 Å². The lowest BCUT2D eigenvalue weighted by Crippen LogP contribution is -2.15. The van der Waals surface area contributed by atoms with Gasteiger partial charge in [0, 0.05) is 17.4 Å². The Hall–Kier alpha value is -3.25. The highest BCUT2D eigenvalue weighted by molar-refractivity contribution is 6.33. The lowest BCUT2D eigenvalue weighted by atomic mass is 10.1. The molecule has 0 radical (unpaired) electrons. The molecule has 1 aliphatic heterocycles. The molecular weight excluding hydrogens is 429 g/mol. The Morgan fingerprint density at radius 2 is 1.84 bits per heavy atom. The summed E-state index contributed by atoms with van der Waals surface area (Å²) in [5.41, 5.74) is 3.30. The molecular formula is C25H23ClFN3O2. The number of hydrogen-bond acceptors (Lipinski definition) is 4. The van der Waals surface area contributed by atoms with Gasteiger partial charge in [0.05, 0.1) is 10.6 Å². The normalized spacial score (nSPS) is 13.0. The van der Waals surface area contributed by atoms with Crippen molar-refractivity contribution in [2.45, 2.75) is 20.3 Å². The molecule has 0 spiro atoms. The molecule has 1 N–H and O–H groups in total. The summed E-state index contributed by atoms with van der Waals surface area (Å²) in [5.74, 6) is 2.04. The number of fused-ring (bicyclic) bond motifs is 2. The summed E-state index contributed by atoms with van der Waals surface area (Å²) in [6, 6.07) is 16.3. The van der Waals surface area contributed by atoms with Crippen LogP contribution in [0, 0.1) is 11.7 Å². The van der Waals surface area contributed by atoms with Crippen LogP contribution in [0.3, 0.4) is 0 Å². The van der Waals surface area contributed by atoms with Crippen molar-refractivity contribution in [3.8, 4) is 22.8 Å². The van der Waals surface area contributed by atoms with E-state index in [1.165, 1.54) is 6.07 Å². The van der Waals surface area contributed by atoms with E-state index in [0.29, 0.717) is 47.2 Å². The molecule has 5 rings (SSSR count). The van der Waals surface area contributed by atoms with Crippen molar-refractivity contribution in [3.63, 3.8) is 0 Å². The molecule has 4 aromatic rings. The van der Waals surface area contributed by atoms with Crippen molar-refractivity contribution < 1.29 is 13.9 Å². The number of rotatable bonds is 5. The minimum atomic E-state index is -0.420. The average molecular weight is 452 g/mol. The van der Waals surface area contributed by atoms with Gasteiger partial charge in [-0.1, -0.05) is 37.6 Å². The highest BCUT2D eigenvalue weighted by Gasteiger charge is 2.22. The molecule has 0 saturated heterocycles. The average Bonchev–Trinajstić information content (AvgIpc) is 3.12. The van der Waals surface area contributed by atoms with E-state index >= 15 is 0 Å². The third-order valence-electron chi connectivity index (χ3n) is 5.35. The van der Waals surface area contributed by atoms with Gasteiger partial charge in [0.15, 0.2) is 11.5 Å². The van der Waals surface area contributed by atoms with Crippen molar-refractivity contribution >= 4 is 28.8 Å². The number of hydrogen-bond donors (Lipinski definition) is 1. The number of ether oxygens (including phenoxy) is 2. The van der Waals surface area contributed by atoms with Gasteiger partial charge in [0.25, 0.3) is 0 Å². The highest BCUT2D eigenvalue weighted by Crippen LogP contribution is 2.39. The number of benzene rings is 2. The van der Waals surface area contributed by atoms with Crippen LogP contribution in [0.1, 0.15) is 19.5 Å². The van der Waals surface area contributed by atoms with Gasteiger partial charge in [-0.05, 0) is 48.7 Å². The molecule has 2 aromatic carbocycles. The summed E-state index contributed by atoms with van der Waals surface area (Å²) in [4.78, 5) is 4.78. The summed E-state index contributed by atoms with van der Waals surface area (Å²) in [6.07, 6.45) is 0.841. The Morgan fingerprint density at radius 1 is 1.06 bits per heavy atom. The van der Waals surface area contributed by atoms with Gasteiger partial charge in [-0.2, -0.15) is 0 Å². The maximum Gasteiger partial charge on any atom is 0.163 e. The topological polar surface area (TPSA) is 47.8 Å². The molecule has 5 nitrogen and oxygen atoms in total. The van der Waals surface area contributed by atoms with Crippen molar-refractivity contribution in [3.05, 3.63) is 71.1 Å². The molecule has 3 heterocycles. The van der Waals surface area contributed by atoms with E-state index in [-0.39, 0.29) is 5.56 Å². The van der Waals surface area contributed by atoms with Crippen LogP contribution >= 0.6 is 11.6 Å². The van der Waals surface area contributed by atoms with Gasteiger partial charge in [-0.15, -0.1) is 0 Å². The van der Waals surface area contributed by atoms with Crippen LogP contribution in [-0.4, -0.2) is 22.6 Å². The number of halogens is 2. The molecule has 0 fully saturated rings. The molecule has 0 unspecified atom stereocenters. The number of aromatic nitrogens is 2. The van der Waals surface area contributed by atoms with Crippen molar-refractivity contribution in [2.75, 3.05) is 18.5 Å². The maximum absolute atomic E-state index is 14.9. The van der Waals surface area contributed by atoms with Gasteiger partial charge in [0.1, 0.15) is 36.2 Å². The van der Waals surface area contributed by atoms with E-state index in [4.69, 9.17) is 26.1 Å². The van der Waals surface area contributed by atoms with Gasteiger partial charge in [-0.3, -0.25) is 4.40 Å². The Labute approximate surface area is 190 Å². The standard InChI is InChI=1S/C25H23ClFN3O2/c1-15(2)13-17-5-3-8-22-29-24(23-18(26)6-4-7-19(23)27)25(30(17)22)28-16-9-10-20-21(14-16)32-12-11-31-20/h3-10,14-15,28H,11-13H2,1-2H3. The minimum absolute atomic E-state index is 0.272. The summed E-state index contributed by atoms with van der Waals surface area (Å²) in [6.45, 7) is 5.36. The zero-order valence-corrected chi connectivity index (χ0v) is 18.6. The molecule has 0 aliphatic carbocycles. The number of imidazole rings is 1. The molecule has 0 bridgehead atoms. The number of pyridine rings is 1. The zero-order valence-electron chi connectivity index (χ0n) is 17.9. The number of anilines is 2. The van der Waals surface area contributed by atoms with Crippen LogP contribution in [0.5, 0.6) is 11.5 Å². The molecule has 164 valence electrons. The summed E-state index contributed by atoms with van der Waals surface area (Å²) < 4.78 is 28.3. The monoisotopic (exact) mass is 451 g/mol. The quantitative estimate of drug-likeness (QED) is 0.376. The zero-order chi connectivity index (χ0) is 22.2. The third-order valence-corrected chi connectivity index (χ3v) is 5.66. The van der Waals surface area contributed by atoms with Gasteiger partial charge in [-0.25, -0.2) is 9.37 Å². The van der Waals surface area contributed by atoms with E-state index in [1.54, 1.807) is 12.1 Å². The van der Waals surface area contributed by atoms with Crippen LogP contribution in [0.25, 0.3) is 16.9 Å². The highest BCUT2D eigenvalue weighted by atomic mass is 35.5. The van der Waals surface area contributed by atoms with E-state index in [2.05, 4.69) is 25.2 Å². The fourth-order valence-corrected chi connectivity index (χ4v) is 4.26.